The third kappa shape index (κ3) is 2.26. The van der Waals surface area contributed by atoms with Crippen molar-refractivity contribution in [1.29, 1.82) is 0 Å². The fraction of sp³-hybridized carbons (Fsp3) is 0.500. The Kier molecular flexibility index (Phi) is 3.16. The summed E-state index contributed by atoms with van der Waals surface area (Å²) in [5.74, 6) is -0.369. The van der Waals surface area contributed by atoms with E-state index in [0.717, 1.165) is 6.20 Å². The summed E-state index contributed by atoms with van der Waals surface area (Å²) < 4.78 is 4.70. The maximum absolute atomic E-state index is 11.6. The first-order valence-electron chi connectivity index (χ1n) is 5.23. The van der Waals surface area contributed by atoms with Gasteiger partial charge in [-0.1, -0.05) is 0 Å². The van der Waals surface area contributed by atoms with Crippen LogP contribution in [-0.4, -0.2) is 28.0 Å². The van der Waals surface area contributed by atoms with E-state index in [0.29, 0.717) is 12.8 Å². The van der Waals surface area contributed by atoms with Crippen LogP contribution in [0.5, 0.6) is 0 Å². The van der Waals surface area contributed by atoms with Crippen molar-refractivity contribution in [2.75, 3.05) is 7.11 Å². The fourth-order valence-electron chi connectivity index (χ4n) is 1.81. The Balaban J connectivity index is 2.31. The maximum atomic E-state index is 11.6. The SMILES string of the molecule is COC(=O)C1(Cc2nc(Cl)ncc2[N+](=O)[O-])CC1. The molecule has 0 unspecified atom stereocenters. The summed E-state index contributed by atoms with van der Waals surface area (Å²) in [6, 6.07) is 0. The molecule has 0 radical (unpaired) electrons. The normalized spacial score (nSPS) is 16.1. The molecule has 0 N–H and O–H groups in total. The third-order valence-corrected chi connectivity index (χ3v) is 3.17. The Bertz CT molecular complexity index is 516. The predicted molar refractivity (Wildman–Crippen MR) is 61.1 cm³/mol. The number of nitrogens with zero attached hydrogens (tertiary/aromatic N) is 3. The van der Waals surface area contributed by atoms with E-state index < -0.39 is 10.3 Å². The minimum atomic E-state index is -0.683. The van der Waals surface area contributed by atoms with Gasteiger partial charge < -0.3 is 4.74 Å². The van der Waals surface area contributed by atoms with Crippen LogP contribution in [0.4, 0.5) is 5.69 Å². The first-order valence-corrected chi connectivity index (χ1v) is 5.60. The molecule has 1 aliphatic rings. The third-order valence-electron chi connectivity index (χ3n) is 2.99. The number of carbonyl (C=O) groups excluding carboxylic acids is 1. The molecule has 1 aromatic heterocycles. The van der Waals surface area contributed by atoms with Gasteiger partial charge in [0.15, 0.2) is 0 Å². The van der Waals surface area contributed by atoms with Gasteiger partial charge in [-0.15, -0.1) is 0 Å². The van der Waals surface area contributed by atoms with Crippen molar-refractivity contribution in [1.82, 2.24) is 9.97 Å². The van der Waals surface area contributed by atoms with Crippen LogP contribution in [0.15, 0.2) is 6.20 Å². The van der Waals surface area contributed by atoms with Crippen LogP contribution in [0, 0.1) is 15.5 Å². The molecule has 0 aromatic carbocycles. The minimum Gasteiger partial charge on any atom is -0.469 e. The molecule has 7 nitrogen and oxygen atoms in total. The van der Waals surface area contributed by atoms with Crippen LogP contribution >= 0.6 is 11.6 Å². The zero-order valence-corrected chi connectivity index (χ0v) is 10.3. The number of aromatic nitrogens is 2. The summed E-state index contributed by atoms with van der Waals surface area (Å²) in [6.07, 6.45) is 2.48. The van der Waals surface area contributed by atoms with E-state index in [2.05, 4.69) is 9.97 Å². The number of halogens is 1. The monoisotopic (exact) mass is 271 g/mol. The molecule has 1 fully saturated rings. The number of hydrogen-bond donors (Lipinski definition) is 0. The van der Waals surface area contributed by atoms with E-state index in [-0.39, 0.29) is 29.1 Å². The van der Waals surface area contributed by atoms with Crippen molar-refractivity contribution in [3.8, 4) is 0 Å². The van der Waals surface area contributed by atoms with Crippen LogP contribution in [-0.2, 0) is 16.0 Å². The van der Waals surface area contributed by atoms with Gasteiger partial charge in [-0.2, -0.15) is 0 Å². The second-order valence-electron chi connectivity index (χ2n) is 4.18. The quantitative estimate of drug-likeness (QED) is 0.357. The standard InChI is InChI=1S/C10H10ClN3O4/c1-18-8(15)10(2-3-10)4-6-7(14(16)17)5-12-9(11)13-6/h5H,2-4H2,1H3. The molecule has 0 atom stereocenters. The highest BCUT2D eigenvalue weighted by atomic mass is 35.5. The highest BCUT2D eigenvalue weighted by Crippen LogP contribution is 2.50. The Morgan fingerprint density at radius 1 is 1.67 bits per heavy atom. The lowest BCUT2D eigenvalue weighted by molar-refractivity contribution is -0.386. The summed E-state index contributed by atoms with van der Waals surface area (Å²) in [4.78, 5) is 29.3. The Hall–Kier alpha value is -1.76. The lowest BCUT2D eigenvalue weighted by Crippen LogP contribution is -2.21. The largest absolute Gasteiger partial charge is 0.469 e. The molecule has 8 heteroatoms. The molecule has 96 valence electrons. The molecule has 0 amide bonds. The first kappa shape index (κ1) is 12.7. The molecule has 0 aliphatic heterocycles. The zero-order chi connectivity index (χ0) is 13.3. The second-order valence-corrected chi connectivity index (χ2v) is 4.51. The highest BCUT2D eigenvalue weighted by molar-refractivity contribution is 6.28. The van der Waals surface area contributed by atoms with Gasteiger partial charge in [0.1, 0.15) is 11.9 Å². The first-order chi connectivity index (χ1) is 8.48. The van der Waals surface area contributed by atoms with Crippen molar-refractivity contribution >= 4 is 23.3 Å². The molecule has 1 saturated carbocycles. The number of methoxy groups -OCH3 is 1. The number of rotatable bonds is 4. The van der Waals surface area contributed by atoms with Gasteiger partial charge >= 0.3 is 11.7 Å². The summed E-state index contributed by atoms with van der Waals surface area (Å²) in [5.41, 5.74) is -0.741. The number of nitro groups is 1. The van der Waals surface area contributed by atoms with E-state index in [9.17, 15) is 14.9 Å². The van der Waals surface area contributed by atoms with E-state index in [1.54, 1.807) is 0 Å². The Morgan fingerprint density at radius 3 is 2.83 bits per heavy atom. The topological polar surface area (TPSA) is 95.2 Å². The molecular weight excluding hydrogens is 262 g/mol. The van der Waals surface area contributed by atoms with Gasteiger partial charge in [0.05, 0.1) is 17.4 Å². The second kappa shape index (κ2) is 4.49. The lowest BCUT2D eigenvalue weighted by atomic mass is 9.99. The van der Waals surface area contributed by atoms with Gasteiger partial charge in [0.2, 0.25) is 5.28 Å². The van der Waals surface area contributed by atoms with Crippen molar-refractivity contribution in [3.05, 3.63) is 27.3 Å². The fourth-order valence-corrected chi connectivity index (χ4v) is 1.96. The molecule has 0 bridgehead atoms. The number of hydrogen-bond acceptors (Lipinski definition) is 6. The number of ether oxygens (including phenoxy) is 1. The molecule has 1 aliphatic carbocycles. The molecule has 2 rings (SSSR count). The van der Waals surface area contributed by atoms with Crippen LogP contribution in [0.1, 0.15) is 18.5 Å². The van der Waals surface area contributed by atoms with E-state index >= 15 is 0 Å². The van der Waals surface area contributed by atoms with E-state index in [1.807, 2.05) is 0 Å². The molecule has 18 heavy (non-hydrogen) atoms. The molecule has 0 saturated heterocycles. The highest BCUT2D eigenvalue weighted by Gasteiger charge is 2.52. The van der Waals surface area contributed by atoms with Gasteiger partial charge in [0.25, 0.3) is 0 Å². The summed E-state index contributed by atoms with van der Waals surface area (Å²) in [7, 11) is 1.30. The van der Waals surface area contributed by atoms with E-state index in [4.69, 9.17) is 16.3 Å². The Morgan fingerprint density at radius 2 is 2.33 bits per heavy atom. The van der Waals surface area contributed by atoms with Crippen molar-refractivity contribution < 1.29 is 14.5 Å². The number of carbonyl (C=O) groups is 1. The summed E-state index contributed by atoms with van der Waals surface area (Å²) in [6.45, 7) is 0. The molecule has 1 heterocycles. The van der Waals surface area contributed by atoms with Gasteiger partial charge in [-0.25, -0.2) is 9.97 Å². The molecule has 0 spiro atoms. The molecule has 1 aromatic rings. The minimum absolute atomic E-state index is 0.0729. The van der Waals surface area contributed by atoms with Crippen LogP contribution in [0.2, 0.25) is 5.28 Å². The van der Waals surface area contributed by atoms with Gasteiger partial charge in [-0.05, 0) is 24.4 Å². The zero-order valence-electron chi connectivity index (χ0n) is 9.55. The smallest absolute Gasteiger partial charge is 0.312 e. The van der Waals surface area contributed by atoms with E-state index in [1.165, 1.54) is 7.11 Å². The van der Waals surface area contributed by atoms with Crippen LogP contribution < -0.4 is 0 Å². The van der Waals surface area contributed by atoms with Crippen molar-refractivity contribution in [2.24, 2.45) is 5.41 Å². The maximum Gasteiger partial charge on any atom is 0.312 e. The lowest BCUT2D eigenvalue weighted by Gasteiger charge is -2.11. The average molecular weight is 272 g/mol. The summed E-state index contributed by atoms with van der Waals surface area (Å²) in [5, 5.41) is 10.8. The van der Waals surface area contributed by atoms with Crippen molar-refractivity contribution in [3.63, 3.8) is 0 Å². The molecular formula is C10H10ClN3O4. The van der Waals surface area contributed by atoms with Crippen LogP contribution in [0.3, 0.4) is 0 Å². The van der Waals surface area contributed by atoms with Crippen LogP contribution in [0.25, 0.3) is 0 Å². The summed E-state index contributed by atoms with van der Waals surface area (Å²) >= 11 is 5.62. The Labute approximate surface area is 107 Å². The van der Waals surface area contributed by atoms with Gasteiger partial charge in [0, 0.05) is 6.42 Å². The van der Waals surface area contributed by atoms with Gasteiger partial charge in [-0.3, -0.25) is 14.9 Å². The predicted octanol–water partition coefficient (Wildman–Crippen LogP) is 1.53. The van der Waals surface area contributed by atoms with Crippen molar-refractivity contribution in [2.45, 2.75) is 19.3 Å². The number of esters is 1. The average Bonchev–Trinajstić information content (AvgIpc) is 3.08.